The molecule has 1 aromatic carbocycles. The first-order chi connectivity index (χ1) is 10.7. The van der Waals surface area contributed by atoms with Gasteiger partial charge in [0.15, 0.2) is 0 Å². The normalized spacial score (nSPS) is 12.1. The molecule has 0 saturated heterocycles. The minimum absolute atomic E-state index is 0.0167. The topological polar surface area (TPSA) is 56.3 Å². The van der Waals surface area contributed by atoms with Crippen LogP contribution in [0.2, 0.25) is 0 Å². The zero-order valence-corrected chi connectivity index (χ0v) is 13.5. The van der Waals surface area contributed by atoms with E-state index in [1.54, 1.807) is 31.9 Å². The van der Waals surface area contributed by atoms with Crippen molar-refractivity contribution in [3.05, 3.63) is 41.5 Å². The van der Waals surface area contributed by atoms with Crippen molar-refractivity contribution >= 4 is 27.4 Å². The van der Waals surface area contributed by atoms with Gasteiger partial charge >= 0.3 is 0 Å². The van der Waals surface area contributed by atoms with Gasteiger partial charge in [-0.05, 0) is 36.6 Å². The fourth-order valence-electron chi connectivity index (χ4n) is 2.37. The van der Waals surface area contributed by atoms with Gasteiger partial charge in [-0.3, -0.25) is 0 Å². The number of nitrogens with zero attached hydrogens (tertiary/aromatic N) is 2. The largest absolute Gasteiger partial charge is 0.497 e. The van der Waals surface area contributed by atoms with Crippen molar-refractivity contribution in [2.24, 2.45) is 0 Å². The van der Waals surface area contributed by atoms with Gasteiger partial charge in [0.2, 0.25) is 0 Å². The van der Waals surface area contributed by atoms with E-state index < -0.39 is 0 Å². The molecule has 3 aromatic rings. The van der Waals surface area contributed by atoms with Crippen LogP contribution in [0.15, 0.2) is 36.0 Å². The van der Waals surface area contributed by atoms with Gasteiger partial charge in [0, 0.05) is 5.56 Å². The molecule has 0 aliphatic carbocycles. The third kappa shape index (κ3) is 2.69. The lowest BCUT2D eigenvalue weighted by Crippen LogP contribution is -2.10. The molecule has 3 rings (SSSR count). The maximum atomic E-state index is 5.45. The van der Waals surface area contributed by atoms with Crippen LogP contribution in [0.5, 0.6) is 11.5 Å². The van der Waals surface area contributed by atoms with E-state index in [0.29, 0.717) is 0 Å². The second kappa shape index (κ2) is 6.19. The summed E-state index contributed by atoms with van der Waals surface area (Å²) in [5.74, 6) is 2.44. The molecule has 0 bridgehead atoms. The van der Waals surface area contributed by atoms with Crippen LogP contribution in [-0.4, -0.2) is 24.2 Å². The summed E-state index contributed by atoms with van der Waals surface area (Å²) >= 11 is 1.60. The van der Waals surface area contributed by atoms with E-state index in [1.165, 1.54) is 0 Å². The highest BCUT2D eigenvalue weighted by Gasteiger charge is 2.15. The molecule has 114 valence electrons. The zero-order chi connectivity index (χ0) is 15.5. The summed E-state index contributed by atoms with van der Waals surface area (Å²) < 4.78 is 10.8. The molecule has 0 aliphatic heterocycles. The van der Waals surface area contributed by atoms with E-state index in [4.69, 9.17) is 9.47 Å². The van der Waals surface area contributed by atoms with Crippen LogP contribution in [0.3, 0.4) is 0 Å². The van der Waals surface area contributed by atoms with Crippen molar-refractivity contribution in [2.45, 2.75) is 13.0 Å². The molecule has 0 amide bonds. The molecule has 6 heteroatoms. The van der Waals surface area contributed by atoms with Gasteiger partial charge < -0.3 is 14.8 Å². The number of nitrogens with one attached hydrogen (secondary N) is 1. The summed E-state index contributed by atoms with van der Waals surface area (Å²) in [4.78, 5) is 9.60. The molecular weight excluding hydrogens is 298 g/mol. The standard InChI is InChI=1S/C16H17N3O2S/c1-10(13-8-11(20-2)4-5-14(13)21-3)19-15-12-6-7-22-16(12)18-9-17-15/h4-10H,1-3H3,(H,17,18,19)/t10-/m1/s1. The van der Waals surface area contributed by atoms with Crippen LogP contribution < -0.4 is 14.8 Å². The van der Waals surface area contributed by atoms with Crippen molar-refractivity contribution < 1.29 is 9.47 Å². The van der Waals surface area contributed by atoms with Crippen molar-refractivity contribution in [3.8, 4) is 11.5 Å². The second-order valence-corrected chi connectivity index (χ2v) is 5.73. The summed E-state index contributed by atoms with van der Waals surface area (Å²) in [6.07, 6.45) is 1.58. The first-order valence-electron chi connectivity index (χ1n) is 6.89. The van der Waals surface area contributed by atoms with Crippen LogP contribution in [0.25, 0.3) is 10.2 Å². The van der Waals surface area contributed by atoms with E-state index >= 15 is 0 Å². The van der Waals surface area contributed by atoms with Gasteiger partial charge in [0.05, 0.1) is 25.6 Å². The summed E-state index contributed by atoms with van der Waals surface area (Å²) in [7, 11) is 3.32. The average molecular weight is 315 g/mol. The molecule has 0 radical (unpaired) electrons. The molecular formula is C16H17N3O2S. The fourth-order valence-corrected chi connectivity index (χ4v) is 3.10. The molecule has 0 spiro atoms. The number of fused-ring (bicyclic) bond motifs is 1. The fraction of sp³-hybridized carbons (Fsp3) is 0.250. The monoisotopic (exact) mass is 315 g/mol. The molecule has 2 heterocycles. The van der Waals surface area contributed by atoms with Gasteiger partial charge in [-0.25, -0.2) is 9.97 Å². The van der Waals surface area contributed by atoms with Crippen molar-refractivity contribution in [2.75, 3.05) is 19.5 Å². The van der Waals surface area contributed by atoms with Gasteiger partial charge in [0.25, 0.3) is 0 Å². The Morgan fingerprint density at radius 3 is 2.77 bits per heavy atom. The van der Waals surface area contributed by atoms with Crippen molar-refractivity contribution in [1.29, 1.82) is 0 Å². The SMILES string of the molecule is COc1ccc(OC)c([C@@H](C)Nc2ncnc3sccc23)c1. The van der Waals surface area contributed by atoms with E-state index in [1.807, 2.05) is 29.6 Å². The van der Waals surface area contributed by atoms with Gasteiger partial charge in [-0.15, -0.1) is 11.3 Å². The van der Waals surface area contributed by atoms with E-state index in [9.17, 15) is 0 Å². The molecule has 22 heavy (non-hydrogen) atoms. The summed E-state index contributed by atoms with van der Waals surface area (Å²) in [6, 6.07) is 7.81. The van der Waals surface area contributed by atoms with E-state index in [0.717, 1.165) is 33.1 Å². The highest BCUT2D eigenvalue weighted by Crippen LogP contribution is 2.32. The molecule has 0 saturated carbocycles. The quantitative estimate of drug-likeness (QED) is 0.774. The summed E-state index contributed by atoms with van der Waals surface area (Å²) in [5, 5.41) is 6.48. The van der Waals surface area contributed by atoms with Crippen molar-refractivity contribution in [1.82, 2.24) is 9.97 Å². The Kier molecular flexibility index (Phi) is 4.11. The molecule has 2 aromatic heterocycles. The lowest BCUT2D eigenvalue weighted by Gasteiger charge is -2.19. The smallest absolute Gasteiger partial charge is 0.138 e. The first-order valence-corrected chi connectivity index (χ1v) is 7.77. The number of methoxy groups -OCH3 is 2. The molecule has 5 nitrogen and oxygen atoms in total. The molecule has 0 fully saturated rings. The number of rotatable bonds is 5. The molecule has 1 N–H and O–H groups in total. The van der Waals surface area contributed by atoms with Crippen LogP contribution in [0, 0.1) is 0 Å². The number of ether oxygens (including phenoxy) is 2. The maximum absolute atomic E-state index is 5.45. The Morgan fingerprint density at radius 2 is 2.00 bits per heavy atom. The molecule has 1 atom stereocenters. The Bertz CT molecular complexity index is 788. The Balaban J connectivity index is 1.94. The van der Waals surface area contributed by atoms with E-state index in [2.05, 4.69) is 22.2 Å². The average Bonchev–Trinajstić information content (AvgIpc) is 3.03. The number of thiophene rings is 1. The Labute approximate surface area is 132 Å². The number of anilines is 1. The van der Waals surface area contributed by atoms with Crippen LogP contribution >= 0.6 is 11.3 Å². The molecule has 0 aliphatic rings. The Hall–Kier alpha value is -2.34. The summed E-state index contributed by atoms with van der Waals surface area (Å²) in [5.41, 5.74) is 1.02. The number of aromatic nitrogens is 2. The predicted molar refractivity (Wildman–Crippen MR) is 89.0 cm³/mol. The van der Waals surface area contributed by atoms with E-state index in [-0.39, 0.29) is 6.04 Å². The third-order valence-corrected chi connectivity index (χ3v) is 4.34. The zero-order valence-electron chi connectivity index (χ0n) is 12.7. The van der Waals surface area contributed by atoms with Gasteiger partial charge in [0.1, 0.15) is 28.5 Å². The lowest BCUT2D eigenvalue weighted by molar-refractivity contribution is 0.397. The number of hydrogen-bond acceptors (Lipinski definition) is 6. The Morgan fingerprint density at radius 1 is 1.14 bits per heavy atom. The first kappa shape index (κ1) is 14.6. The highest BCUT2D eigenvalue weighted by atomic mass is 32.1. The summed E-state index contributed by atoms with van der Waals surface area (Å²) in [6.45, 7) is 2.07. The third-order valence-electron chi connectivity index (χ3n) is 3.52. The van der Waals surface area contributed by atoms with Crippen LogP contribution in [0.1, 0.15) is 18.5 Å². The number of benzene rings is 1. The predicted octanol–water partition coefficient (Wildman–Crippen LogP) is 3.88. The van der Waals surface area contributed by atoms with Crippen LogP contribution in [-0.2, 0) is 0 Å². The number of hydrogen-bond donors (Lipinski definition) is 1. The van der Waals surface area contributed by atoms with Crippen LogP contribution in [0.4, 0.5) is 5.82 Å². The lowest BCUT2D eigenvalue weighted by atomic mass is 10.1. The minimum atomic E-state index is 0.0167. The second-order valence-electron chi connectivity index (χ2n) is 4.84. The van der Waals surface area contributed by atoms with Gasteiger partial charge in [-0.1, -0.05) is 0 Å². The highest BCUT2D eigenvalue weighted by molar-refractivity contribution is 7.16. The maximum Gasteiger partial charge on any atom is 0.138 e. The minimum Gasteiger partial charge on any atom is -0.497 e. The van der Waals surface area contributed by atoms with Gasteiger partial charge in [-0.2, -0.15) is 0 Å². The molecule has 0 unspecified atom stereocenters. The van der Waals surface area contributed by atoms with Crippen molar-refractivity contribution in [3.63, 3.8) is 0 Å².